The van der Waals surface area contributed by atoms with Crippen LogP contribution in [-0.4, -0.2) is 38.8 Å². The lowest BCUT2D eigenvalue weighted by molar-refractivity contribution is 0.416. The molecule has 2 aromatic heterocycles. The van der Waals surface area contributed by atoms with Gasteiger partial charge in [0.05, 0.1) is 0 Å². The monoisotopic (exact) mass is 272 g/mol. The number of hydrogen-bond acceptors (Lipinski definition) is 5. The molecular weight excluding hydrogens is 252 g/mol. The zero-order valence-electron chi connectivity index (χ0n) is 11.9. The molecule has 1 fully saturated rings. The molecule has 2 aromatic rings. The number of nitrogens with zero attached hydrogens (tertiary/aromatic N) is 4. The number of hydrogen-bond donors (Lipinski definition) is 2. The first-order valence-corrected chi connectivity index (χ1v) is 7.04. The fourth-order valence-electron chi connectivity index (χ4n) is 2.63. The van der Waals surface area contributed by atoms with Gasteiger partial charge in [-0.05, 0) is 38.8 Å². The van der Waals surface area contributed by atoms with Crippen molar-refractivity contribution in [1.82, 2.24) is 20.2 Å². The van der Waals surface area contributed by atoms with E-state index in [9.17, 15) is 0 Å². The van der Waals surface area contributed by atoms with Gasteiger partial charge in [0.2, 0.25) is 5.95 Å². The Morgan fingerprint density at radius 3 is 3.00 bits per heavy atom. The van der Waals surface area contributed by atoms with Crippen LogP contribution in [0.25, 0.3) is 11.5 Å². The van der Waals surface area contributed by atoms with Gasteiger partial charge in [0.1, 0.15) is 5.69 Å². The molecule has 0 bridgehead atoms. The van der Waals surface area contributed by atoms with Crippen LogP contribution in [0.2, 0.25) is 0 Å². The second kappa shape index (κ2) is 5.20. The molecule has 1 saturated heterocycles. The number of aromatic nitrogens is 4. The Labute approximate surface area is 118 Å². The predicted octanol–water partition coefficient (Wildman–Crippen LogP) is 1.49. The first kappa shape index (κ1) is 13.1. The van der Waals surface area contributed by atoms with E-state index in [0.29, 0.717) is 11.8 Å². The molecule has 0 aromatic carbocycles. The summed E-state index contributed by atoms with van der Waals surface area (Å²) in [5, 5.41) is 7.30. The topological polar surface area (TPSA) is 83.7 Å². The van der Waals surface area contributed by atoms with Crippen LogP contribution in [0.5, 0.6) is 0 Å². The standard InChI is InChI=1S/C14H20N6/c1-9-5-3-7-12(16-9)13-17-14(19-18-13)20-8-4-6-11(15)10(20)2/h3,5,7,10-11H,4,6,8,15H2,1-2H3,(H,17,18,19). The Bertz CT molecular complexity index is 593. The van der Waals surface area contributed by atoms with E-state index >= 15 is 0 Å². The molecular formula is C14H20N6. The van der Waals surface area contributed by atoms with Gasteiger partial charge in [0, 0.05) is 24.3 Å². The smallest absolute Gasteiger partial charge is 0.245 e. The largest absolute Gasteiger partial charge is 0.335 e. The normalized spacial score (nSPS) is 23.1. The predicted molar refractivity (Wildman–Crippen MR) is 78.4 cm³/mol. The van der Waals surface area contributed by atoms with E-state index in [-0.39, 0.29) is 12.1 Å². The number of H-pyrrole nitrogens is 1. The van der Waals surface area contributed by atoms with Gasteiger partial charge in [-0.3, -0.25) is 5.10 Å². The van der Waals surface area contributed by atoms with Crippen molar-refractivity contribution in [3.63, 3.8) is 0 Å². The van der Waals surface area contributed by atoms with Gasteiger partial charge in [-0.15, -0.1) is 5.10 Å². The number of nitrogens with one attached hydrogen (secondary N) is 1. The Morgan fingerprint density at radius 2 is 2.20 bits per heavy atom. The summed E-state index contributed by atoms with van der Waals surface area (Å²) in [7, 11) is 0. The van der Waals surface area contributed by atoms with Crippen LogP contribution in [0, 0.1) is 6.92 Å². The third-order valence-electron chi connectivity index (χ3n) is 3.91. The molecule has 3 rings (SSSR count). The molecule has 0 aliphatic carbocycles. The average molecular weight is 272 g/mol. The van der Waals surface area contributed by atoms with Crippen molar-refractivity contribution in [1.29, 1.82) is 0 Å². The van der Waals surface area contributed by atoms with Crippen molar-refractivity contribution in [2.75, 3.05) is 11.4 Å². The molecule has 1 aliphatic heterocycles. The number of aryl methyl sites for hydroxylation is 1. The summed E-state index contributed by atoms with van der Waals surface area (Å²) in [4.78, 5) is 11.2. The van der Waals surface area contributed by atoms with Gasteiger partial charge in [0.25, 0.3) is 0 Å². The zero-order valence-corrected chi connectivity index (χ0v) is 11.9. The van der Waals surface area contributed by atoms with Gasteiger partial charge in [0.15, 0.2) is 5.82 Å². The number of anilines is 1. The van der Waals surface area contributed by atoms with Crippen molar-refractivity contribution in [3.05, 3.63) is 23.9 Å². The third kappa shape index (κ3) is 2.38. The number of nitrogens with two attached hydrogens (primary N) is 1. The van der Waals surface area contributed by atoms with Crippen molar-refractivity contribution in [3.8, 4) is 11.5 Å². The van der Waals surface area contributed by atoms with E-state index in [1.54, 1.807) is 0 Å². The minimum Gasteiger partial charge on any atom is -0.335 e. The minimum atomic E-state index is 0.183. The summed E-state index contributed by atoms with van der Waals surface area (Å²) in [6, 6.07) is 6.31. The summed E-state index contributed by atoms with van der Waals surface area (Å²) in [6.45, 7) is 5.05. The van der Waals surface area contributed by atoms with Gasteiger partial charge in [-0.1, -0.05) is 6.07 Å². The van der Waals surface area contributed by atoms with Gasteiger partial charge in [-0.2, -0.15) is 4.98 Å². The van der Waals surface area contributed by atoms with Crippen molar-refractivity contribution in [2.45, 2.75) is 38.8 Å². The first-order chi connectivity index (χ1) is 9.65. The van der Waals surface area contributed by atoms with Crippen molar-refractivity contribution < 1.29 is 0 Å². The minimum absolute atomic E-state index is 0.183. The van der Waals surface area contributed by atoms with E-state index in [1.807, 2.05) is 25.1 Å². The highest BCUT2D eigenvalue weighted by molar-refractivity contribution is 5.51. The Kier molecular flexibility index (Phi) is 3.40. The molecule has 0 spiro atoms. The molecule has 6 heteroatoms. The van der Waals surface area contributed by atoms with E-state index < -0.39 is 0 Å². The van der Waals surface area contributed by atoms with Gasteiger partial charge in [-0.25, -0.2) is 4.98 Å². The molecule has 106 valence electrons. The summed E-state index contributed by atoms with van der Waals surface area (Å²) < 4.78 is 0. The third-order valence-corrected chi connectivity index (χ3v) is 3.91. The maximum atomic E-state index is 6.12. The lowest BCUT2D eigenvalue weighted by Crippen LogP contribution is -2.50. The molecule has 0 amide bonds. The summed E-state index contributed by atoms with van der Waals surface area (Å²) >= 11 is 0. The Hall–Kier alpha value is -1.95. The Balaban J connectivity index is 1.86. The molecule has 1 aliphatic rings. The average Bonchev–Trinajstić information content (AvgIpc) is 2.91. The van der Waals surface area contributed by atoms with Crippen molar-refractivity contribution in [2.24, 2.45) is 5.73 Å². The lowest BCUT2D eigenvalue weighted by Gasteiger charge is -2.36. The van der Waals surface area contributed by atoms with Crippen LogP contribution in [0.3, 0.4) is 0 Å². The fourth-order valence-corrected chi connectivity index (χ4v) is 2.63. The van der Waals surface area contributed by atoms with Crippen LogP contribution < -0.4 is 10.6 Å². The maximum absolute atomic E-state index is 6.12. The SMILES string of the molecule is Cc1cccc(-c2nc(N3CCCC(N)C3C)n[nH]2)n1. The molecule has 0 radical (unpaired) electrons. The van der Waals surface area contributed by atoms with Crippen LogP contribution in [-0.2, 0) is 0 Å². The highest BCUT2D eigenvalue weighted by Crippen LogP contribution is 2.22. The zero-order chi connectivity index (χ0) is 14.1. The van der Waals surface area contributed by atoms with E-state index in [0.717, 1.165) is 30.8 Å². The van der Waals surface area contributed by atoms with Crippen LogP contribution >= 0.6 is 0 Å². The van der Waals surface area contributed by atoms with Crippen LogP contribution in [0.1, 0.15) is 25.5 Å². The highest BCUT2D eigenvalue weighted by Gasteiger charge is 2.27. The summed E-state index contributed by atoms with van der Waals surface area (Å²) in [5.41, 5.74) is 7.91. The first-order valence-electron chi connectivity index (χ1n) is 7.04. The highest BCUT2D eigenvalue weighted by atomic mass is 15.4. The van der Waals surface area contributed by atoms with Crippen LogP contribution in [0.4, 0.5) is 5.95 Å². The quantitative estimate of drug-likeness (QED) is 0.865. The molecule has 2 atom stereocenters. The molecule has 3 N–H and O–H groups in total. The summed E-state index contributed by atoms with van der Waals surface area (Å²) in [5.74, 6) is 1.42. The fraction of sp³-hybridized carbons (Fsp3) is 0.500. The molecule has 20 heavy (non-hydrogen) atoms. The van der Waals surface area contributed by atoms with E-state index in [1.165, 1.54) is 0 Å². The number of piperidine rings is 1. The maximum Gasteiger partial charge on any atom is 0.245 e. The lowest BCUT2D eigenvalue weighted by atomic mass is 9.99. The Morgan fingerprint density at radius 1 is 1.35 bits per heavy atom. The molecule has 6 nitrogen and oxygen atoms in total. The van der Waals surface area contributed by atoms with E-state index in [2.05, 4.69) is 32.0 Å². The molecule has 2 unspecified atom stereocenters. The van der Waals surface area contributed by atoms with E-state index in [4.69, 9.17) is 5.73 Å². The second-order valence-corrected chi connectivity index (χ2v) is 5.39. The molecule has 0 saturated carbocycles. The van der Waals surface area contributed by atoms with Crippen molar-refractivity contribution >= 4 is 5.95 Å². The number of aromatic amines is 1. The number of pyridine rings is 1. The summed E-state index contributed by atoms with van der Waals surface area (Å²) in [6.07, 6.45) is 2.15. The van der Waals surface area contributed by atoms with Crippen LogP contribution in [0.15, 0.2) is 18.2 Å². The van der Waals surface area contributed by atoms with Gasteiger partial charge >= 0.3 is 0 Å². The van der Waals surface area contributed by atoms with Gasteiger partial charge < -0.3 is 10.6 Å². The second-order valence-electron chi connectivity index (χ2n) is 5.39. The molecule has 3 heterocycles. The number of rotatable bonds is 2.